The maximum atomic E-state index is 12.9. The normalized spacial score (nSPS) is 14.0. The molecule has 0 saturated heterocycles. The lowest BCUT2D eigenvalue weighted by Gasteiger charge is -2.31. The molecule has 0 radical (unpaired) electrons. The average Bonchev–Trinajstić information content (AvgIpc) is 2.90. The number of aryl methyl sites for hydroxylation is 2. The van der Waals surface area contributed by atoms with E-state index in [4.69, 9.17) is 4.42 Å². The molecule has 0 fully saturated rings. The second kappa shape index (κ2) is 5.67. The van der Waals surface area contributed by atoms with Gasteiger partial charge in [0.25, 0.3) is 0 Å². The van der Waals surface area contributed by atoms with Crippen molar-refractivity contribution in [3.8, 4) is 0 Å². The molecule has 4 rings (SSSR count). The first-order valence-electron chi connectivity index (χ1n) is 8.12. The molecule has 5 heteroatoms. The Morgan fingerprint density at radius 3 is 2.88 bits per heavy atom. The number of oxazole rings is 1. The molecule has 1 aromatic heterocycles. The first kappa shape index (κ1) is 14.8. The van der Waals surface area contributed by atoms with Gasteiger partial charge in [-0.05, 0) is 43.0 Å². The summed E-state index contributed by atoms with van der Waals surface area (Å²) in [7, 11) is 0. The minimum absolute atomic E-state index is 0.0103. The van der Waals surface area contributed by atoms with Crippen LogP contribution in [0.25, 0.3) is 11.1 Å². The highest BCUT2D eigenvalue weighted by Gasteiger charge is 2.25. The van der Waals surface area contributed by atoms with E-state index in [1.54, 1.807) is 12.1 Å². The lowest BCUT2D eigenvalue weighted by Crippen LogP contribution is -2.39. The van der Waals surface area contributed by atoms with Crippen molar-refractivity contribution in [1.82, 2.24) is 4.57 Å². The van der Waals surface area contributed by atoms with Crippen molar-refractivity contribution in [3.63, 3.8) is 0 Å². The molecule has 3 aromatic rings. The number of hydrogen-bond donors (Lipinski definition) is 0. The average molecular weight is 322 g/mol. The summed E-state index contributed by atoms with van der Waals surface area (Å²) in [5, 5.41) is 0. The van der Waals surface area contributed by atoms with Crippen LogP contribution in [-0.4, -0.2) is 17.0 Å². The zero-order valence-corrected chi connectivity index (χ0v) is 13.5. The van der Waals surface area contributed by atoms with E-state index in [0.29, 0.717) is 17.6 Å². The number of fused-ring (bicyclic) bond motifs is 2. The quantitative estimate of drug-likeness (QED) is 0.729. The van der Waals surface area contributed by atoms with Crippen molar-refractivity contribution in [2.45, 2.75) is 26.3 Å². The summed E-state index contributed by atoms with van der Waals surface area (Å²) in [4.78, 5) is 26.8. The van der Waals surface area contributed by atoms with Crippen molar-refractivity contribution in [1.29, 1.82) is 0 Å². The predicted molar refractivity (Wildman–Crippen MR) is 92.3 cm³/mol. The third-order valence-electron chi connectivity index (χ3n) is 4.59. The van der Waals surface area contributed by atoms with E-state index < -0.39 is 5.76 Å². The summed E-state index contributed by atoms with van der Waals surface area (Å²) in [6, 6.07) is 13.3. The van der Waals surface area contributed by atoms with Crippen molar-refractivity contribution >= 4 is 22.7 Å². The SMILES string of the molecule is Cc1cccc2c1N(C(=O)Cn1c(=O)oc3ccccc31)CCC2. The molecule has 0 bridgehead atoms. The first-order chi connectivity index (χ1) is 11.6. The Morgan fingerprint density at radius 2 is 2.00 bits per heavy atom. The Hall–Kier alpha value is -2.82. The molecule has 0 spiro atoms. The Morgan fingerprint density at radius 1 is 1.17 bits per heavy atom. The molecule has 1 amide bonds. The molecule has 0 saturated carbocycles. The van der Waals surface area contributed by atoms with Gasteiger partial charge in [0.05, 0.1) is 5.52 Å². The fourth-order valence-corrected chi connectivity index (χ4v) is 3.48. The van der Waals surface area contributed by atoms with Crippen molar-refractivity contribution in [2.24, 2.45) is 0 Å². The summed E-state index contributed by atoms with van der Waals surface area (Å²) in [6.45, 7) is 2.69. The Kier molecular flexibility index (Phi) is 3.49. The summed E-state index contributed by atoms with van der Waals surface area (Å²) in [6.07, 6.45) is 1.92. The highest BCUT2D eigenvalue weighted by molar-refractivity contribution is 5.96. The van der Waals surface area contributed by atoms with Gasteiger partial charge in [-0.25, -0.2) is 4.79 Å². The van der Waals surface area contributed by atoms with Crippen LogP contribution in [0.2, 0.25) is 0 Å². The third-order valence-corrected chi connectivity index (χ3v) is 4.59. The number of para-hydroxylation sites is 3. The Bertz CT molecular complexity index is 984. The van der Waals surface area contributed by atoms with Crippen LogP contribution >= 0.6 is 0 Å². The van der Waals surface area contributed by atoms with Gasteiger partial charge in [0, 0.05) is 12.2 Å². The van der Waals surface area contributed by atoms with E-state index >= 15 is 0 Å². The lowest BCUT2D eigenvalue weighted by molar-refractivity contribution is -0.119. The van der Waals surface area contributed by atoms with Gasteiger partial charge >= 0.3 is 5.76 Å². The monoisotopic (exact) mass is 322 g/mol. The minimum atomic E-state index is -0.494. The van der Waals surface area contributed by atoms with E-state index in [1.807, 2.05) is 36.1 Å². The highest BCUT2D eigenvalue weighted by atomic mass is 16.4. The number of amides is 1. The van der Waals surface area contributed by atoms with Crippen LogP contribution in [-0.2, 0) is 17.8 Å². The molecule has 0 N–H and O–H groups in total. The minimum Gasteiger partial charge on any atom is -0.408 e. The smallest absolute Gasteiger partial charge is 0.408 e. The first-order valence-corrected chi connectivity index (χ1v) is 8.12. The highest BCUT2D eigenvalue weighted by Crippen LogP contribution is 2.30. The van der Waals surface area contributed by atoms with Gasteiger partial charge < -0.3 is 9.32 Å². The molecule has 0 atom stereocenters. The largest absolute Gasteiger partial charge is 0.420 e. The van der Waals surface area contributed by atoms with E-state index in [9.17, 15) is 9.59 Å². The molecular formula is C19H18N2O3. The van der Waals surface area contributed by atoms with Crippen LogP contribution in [0.1, 0.15) is 17.5 Å². The number of carbonyl (C=O) groups is 1. The number of carbonyl (C=O) groups excluding carboxylic acids is 1. The maximum absolute atomic E-state index is 12.9. The molecule has 0 unspecified atom stereocenters. The van der Waals surface area contributed by atoms with Gasteiger partial charge in [-0.1, -0.05) is 30.3 Å². The molecule has 2 heterocycles. The number of hydrogen-bond acceptors (Lipinski definition) is 3. The van der Waals surface area contributed by atoms with Gasteiger partial charge in [0.15, 0.2) is 5.58 Å². The Labute approximate surface area is 139 Å². The van der Waals surface area contributed by atoms with E-state index in [0.717, 1.165) is 24.1 Å². The number of nitrogens with zero attached hydrogens (tertiary/aromatic N) is 2. The van der Waals surface area contributed by atoms with Crippen LogP contribution in [0.5, 0.6) is 0 Å². The number of benzene rings is 2. The lowest BCUT2D eigenvalue weighted by atomic mass is 9.98. The number of aromatic nitrogens is 1. The Balaban J connectivity index is 1.71. The van der Waals surface area contributed by atoms with Gasteiger partial charge in [0.2, 0.25) is 5.91 Å². The van der Waals surface area contributed by atoms with Crippen molar-refractivity contribution < 1.29 is 9.21 Å². The maximum Gasteiger partial charge on any atom is 0.420 e. The topological polar surface area (TPSA) is 55.5 Å². The van der Waals surface area contributed by atoms with Gasteiger partial charge in [-0.3, -0.25) is 9.36 Å². The van der Waals surface area contributed by atoms with Crippen molar-refractivity contribution in [3.05, 3.63) is 64.1 Å². The fourth-order valence-electron chi connectivity index (χ4n) is 3.48. The fraction of sp³-hybridized carbons (Fsp3) is 0.263. The van der Waals surface area contributed by atoms with Gasteiger partial charge in [-0.15, -0.1) is 0 Å². The molecule has 1 aliphatic rings. The second-order valence-electron chi connectivity index (χ2n) is 6.15. The van der Waals surface area contributed by atoms with Crippen molar-refractivity contribution in [2.75, 3.05) is 11.4 Å². The van der Waals surface area contributed by atoms with Gasteiger partial charge in [0.1, 0.15) is 6.54 Å². The standard InChI is InChI=1S/C19H18N2O3/c1-13-6-4-7-14-8-5-11-20(18(13)14)17(22)12-21-15-9-2-3-10-16(15)24-19(21)23/h2-4,6-7,9-10H,5,8,11-12H2,1H3. The number of rotatable bonds is 2. The second-order valence-corrected chi connectivity index (χ2v) is 6.15. The molecule has 2 aromatic carbocycles. The van der Waals surface area contributed by atoms with Crippen LogP contribution < -0.4 is 10.7 Å². The molecule has 122 valence electrons. The summed E-state index contributed by atoms with van der Waals surface area (Å²) in [5.41, 5.74) is 4.43. The predicted octanol–water partition coefficient (Wildman–Crippen LogP) is 2.88. The van der Waals surface area contributed by atoms with E-state index in [2.05, 4.69) is 6.07 Å². The van der Waals surface area contributed by atoms with Crippen LogP contribution in [0.3, 0.4) is 0 Å². The molecular weight excluding hydrogens is 304 g/mol. The summed E-state index contributed by atoms with van der Waals surface area (Å²) < 4.78 is 6.62. The van der Waals surface area contributed by atoms with Gasteiger partial charge in [-0.2, -0.15) is 0 Å². The number of anilines is 1. The van der Waals surface area contributed by atoms with E-state index in [-0.39, 0.29) is 12.5 Å². The van der Waals surface area contributed by atoms with Crippen LogP contribution in [0, 0.1) is 6.92 Å². The summed E-state index contributed by atoms with van der Waals surface area (Å²) >= 11 is 0. The molecule has 1 aliphatic heterocycles. The zero-order valence-electron chi connectivity index (χ0n) is 13.5. The third kappa shape index (κ3) is 2.33. The molecule has 24 heavy (non-hydrogen) atoms. The van der Waals surface area contributed by atoms with Crippen LogP contribution in [0.4, 0.5) is 5.69 Å². The van der Waals surface area contributed by atoms with Crippen LogP contribution in [0.15, 0.2) is 51.7 Å². The van der Waals surface area contributed by atoms with E-state index in [1.165, 1.54) is 10.1 Å². The summed E-state index contributed by atoms with van der Waals surface area (Å²) in [5.74, 6) is -0.578. The molecule has 0 aliphatic carbocycles. The zero-order chi connectivity index (χ0) is 16.7. The molecule has 5 nitrogen and oxygen atoms in total.